The molecule has 1 N–H and O–H groups in total. The normalized spacial score (nSPS) is 18.6. The molecule has 3 nitrogen and oxygen atoms in total. The summed E-state index contributed by atoms with van der Waals surface area (Å²) < 4.78 is 5.28. The zero-order valence-electron chi connectivity index (χ0n) is 11.7. The lowest BCUT2D eigenvalue weighted by Gasteiger charge is -2.22. The summed E-state index contributed by atoms with van der Waals surface area (Å²) in [4.78, 5) is 5.67. The Kier molecular flexibility index (Phi) is 3.94. The fourth-order valence-electron chi connectivity index (χ4n) is 2.68. The highest BCUT2D eigenvalue weighted by molar-refractivity contribution is 8.00. The molecule has 3 rings (SSSR count). The number of nitrogens with zero attached hydrogens (tertiary/aromatic N) is 1. The molecule has 1 aromatic carbocycles. The average molecular weight is 286 g/mol. The molecule has 1 aliphatic rings. The minimum atomic E-state index is 0.273. The van der Waals surface area contributed by atoms with E-state index in [-0.39, 0.29) is 6.04 Å². The van der Waals surface area contributed by atoms with Crippen molar-refractivity contribution in [2.45, 2.75) is 22.6 Å². The third-order valence-corrected chi connectivity index (χ3v) is 5.08. The van der Waals surface area contributed by atoms with Crippen LogP contribution in [0.25, 0.3) is 0 Å². The molecule has 0 amide bonds. The van der Waals surface area contributed by atoms with Crippen LogP contribution in [0.3, 0.4) is 0 Å². The highest BCUT2D eigenvalue weighted by Crippen LogP contribution is 2.42. The van der Waals surface area contributed by atoms with E-state index in [0.29, 0.717) is 5.25 Å². The second-order valence-corrected chi connectivity index (χ2v) is 6.17. The number of nitrogens with one attached hydrogen (secondary N) is 1. The van der Waals surface area contributed by atoms with Gasteiger partial charge in [-0.2, -0.15) is 0 Å². The number of hydrogen-bond donors (Lipinski definition) is 1. The molecule has 0 saturated carbocycles. The van der Waals surface area contributed by atoms with Gasteiger partial charge in [-0.3, -0.25) is 4.98 Å². The first-order chi connectivity index (χ1) is 9.81. The van der Waals surface area contributed by atoms with Gasteiger partial charge < -0.3 is 10.1 Å². The van der Waals surface area contributed by atoms with E-state index < -0.39 is 0 Å². The maximum absolute atomic E-state index is 5.28. The van der Waals surface area contributed by atoms with E-state index in [2.05, 4.69) is 40.6 Å². The third-order valence-electron chi connectivity index (χ3n) is 3.68. The summed E-state index contributed by atoms with van der Waals surface area (Å²) in [5, 5.41) is 3.92. The minimum absolute atomic E-state index is 0.273. The third kappa shape index (κ3) is 2.53. The van der Waals surface area contributed by atoms with Gasteiger partial charge in [0.05, 0.1) is 13.3 Å². The van der Waals surface area contributed by atoms with Crippen molar-refractivity contribution in [3.8, 4) is 5.75 Å². The van der Waals surface area contributed by atoms with Crippen molar-refractivity contribution in [3.63, 3.8) is 0 Å². The molecule has 0 bridgehead atoms. The van der Waals surface area contributed by atoms with E-state index in [1.54, 1.807) is 13.3 Å². The van der Waals surface area contributed by atoms with Crippen LogP contribution in [0.4, 0.5) is 0 Å². The highest BCUT2D eigenvalue weighted by atomic mass is 32.2. The van der Waals surface area contributed by atoms with Crippen LogP contribution in [0.15, 0.2) is 47.6 Å². The number of aromatic nitrogens is 1. The monoisotopic (exact) mass is 286 g/mol. The van der Waals surface area contributed by atoms with E-state index in [1.165, 1.54) is 16.0 Å². The Morgan fingerprint density at radius 2 is 2.20 bits per heavy atom. The predicted octanol–water partition coefficient (Wildman–Crippen LogP) is 3.07. The lowest BCUT2D eigenvalue weighted by atomic mass is 10.00. The van der Waals surface area contributed by atoms with Gasteiger partial charge in [0, 0.05) is 22.4 Å². The summed E-state index contributed by atoms with van der Waals surface area (Å²) in [5.74, 6) is 0.809. The lowest BCUT2D eigenvalue weighted by molar-refractivity contribution is 0.411. The van der Waals surface area contributed by atoms with E-state index >= 15 is 0 Å². The second kappa shape index (κ2) is 5.85. The lowest BCUT2D eigenvalue weighted by Crippen LogP contribution is -2.27. The average Bonchev–Trinajstić information content (AvgIpc) is 2.91. The molecular weight excluding hydrogens is 268 g/mol. The predicted molar refractivity (Wildman–Crippen MR) is 82.4 cm³/mol. The van der Waals surface area contributed by atoms with Gasteiger partial charge in [-0.05, 0) is 36.7 Å². The van der Waals surface area contributed by atoms with E-state index in [0.717, 1.165) is 12.2 Å². The summed E-state index contributed by atoms with van der Waals surface area (Å²) in [6, 6.07) is 11.0. The molecule has 2 atom stereocenters. The quantitative estimate of drug-likeness (QED) is 0.936. The fourth-order valence-corrected chi connectivity index (χ4v) is 4.16. The van der Waals surface area contributed by atoms with Crippen molar-refractivity contribution in [3.05, 3.63) is 53.9 Å². The van der Waals surface area contributed by atoms with Crippen LogP contribution in [-0.2, 0) is 6.42 Å². The number of pyridine rings is 1. The molecule has 20 heavy (non-hydrogen) atoms. The van der Waals surface area contributed by atoms with Gasteiger partial charge >= 0.3 is 0 Å². The van der Waals surface area contributed by atoms with Gasteiger partial charge in [-0.1, -0.05) is 18.2 Å². The molecule has 1 aromatic heterocycles. The summed E-state index contributed by atoms with van der Waals surface area (Å²) in [6.45, 7) is 0. The van der Waals surface area contributed by atoms with Crippen LogP contribution in [-0.4, -0.2) is 24.4 Å². The smallest absolute Gasteiger partial charge is 0.137 e. The molecule has 0 spiro atoms. The maximum atomic E-state index is 5.28. The van der Waals surface area contributed by atoms with E-state index in [4.69, 9.17) is 4.74 Å². The van der Waals surface area contributed by atoms with Crippen molar-refractivity contribution in [2.75, 3.05) is 14.2 Å². The zero-order valence-corrected chi connectivity index (χ0v) is 12.5. The second-order valence-electron chi connectivity index (χ2n) is 4.89. The first-order valence-corrected chi connectivity index (χ1v) is 7.60. The maximum Gasteiger partial charge on any atom is 0.137 e. The Bertz CT molecular complexity index is 578. The molecule has 2 unspecified atom stereocenters. The largest absolute Gasteiger partial charge is 0.495 e. The van der Waals surface area contributed by atoms with Crippen molar-refractivity contribution in [1.29, 1.82) is 0 Å². The Balaban J connectivity index is 1.85. The fraction of sp³-hybridized carbons (Fsp3) is 0.312. The van der Waals surface area contributed by atoms with Gasteiger partial charge in [0.25, 0.3) is 0 Å². The number of benzene rings is 1. The molecule has 1 aliphatic heterocycles. The molecule has 0 saturated heterocycles. The standard InChI is InChI=1S/C16H18N2OS/c1-17-16(12-7-13(19-2)10-18-9-12)15-8-11-5-3-4-6-14(11)20-15/h3-7,9-10,15-17H,8H2,1-2H3. The van der Waals surface area contributed by atoms with E-state index in [9.17, 15) is 0 Å². The SMILES string of the molecule is CNC(c1cncc(OC)c1)C1Cc2ccccc2S1. The first-order valence-electron chi connectivity index (χ1n) is 6.72. The number of ether oxygens (including phenoxy) is 1. The molecule has 2 aromatic rings. The van der Waals surface area contributed by atoms with Crippen LogP contribution >= 0.6 is 11.8 Å². The molecular formula is C16H18N2OS. The molecule has 0 aliphatic carbocycles. The summed E-state index contributed by atoms with van der Waals surface area (Å²) in [5.41, 5.74) is 2.62. The van der Waals surface area contributed by atoms with Crippen molar-refractivity contribution in [1.82, 2.24) is 10.3 Å². The number of methoxy groups -OCH3 is 1. The van der Waals surface area contributed by atoms with Crippen LogP contribution in [0.1, 0.15) is 17.2 Å². The van der Waals surface area contributed by atoms with Crippen molar-refractivity contribution in [2.24, 2.45) is 0 Å². The Morgan fingerprint density at radius 1 is 1.35 bits per heavy atom. The van der Waals surface area contributed by atoms with E-state index in [1.807, 2.05) is 25.0 Å². The van der Waals surface area contributed by atoms with Crippen molar-refractivity contribution >= 4 is 11.8 Å². The van der Waals surface area contributed by atoms with Gasteiger partial charge in [-0.15, -0.1) is 11.8 Å². The topological polar surface area (TPSA) is 34.2 Å². The Labute approximate surface area is 123 Å². The molecule has 4 heteroatoms. The van der Waals surface area contributed by atoms with Crippen LogP contribution in [0.2, 0.25) is 0 Å². The number of rotatable bonds is 4. The van der Waals surface area contributed by atoms with Gasteiger partial charge in [0.15, 0.2) is 0 Å². The number of thioether (sulfide) groups is 1. The van der Waals surface area contributed by atoms with Gasteiger partial charge in [0.2, 0.25) is 0 Å². The van der Waals surface area contributed by atoms with Crippen LogP contribution in [0.5, 0.6) is 5.75 Å². The molecule has 0 fully saturated rings. The van der Waals surface area contributed by atoms with Crippen molar-refractivity contribution < 1.29 is 4.74 Å². The number of fused-ring (bicyclic) bond motifs is 1. The van der Waals surface area contributed by atoms with Gasteiger partial charge in [0.1, 0.15) is 5.75 Å². The summed E-state index contributed by atoms with van der Waals surface area (Å²) in [6.07, 6.45) is 4.75. The summed E-state index contributed by atoms with van der Waals surface area (Å²) >= 11 is 1.95. The Hall–Kier alpha value is -1.52. The molecule has 2 heterocycles. The molecule has 0 radical (unpaired) electrons. The number of hydrogen-bond acceptors (Lipinski definition) is 4. The summed E-state index contributed by atoms with van der Waals surface area (Å²) in [7, 11) is 3.68. The van der Waals surface area contributed by atoms with Crippen LogP contribution < -0.4 is 10.1 Å². The minimum Gasteiger partial charge on any atom is -0.495 e. The Morgan fingerprint density at radius 3 is 2.95 bits per heavy atom. The van der Waals surface area contributed by atoms with Crippen LogP contribution in [0, 0.1) is 0 Å². The molecule has 104 valence electrons. The zero-order chi connectivity index (χ0) is 13.9. The highest BCUT2D eigenvalue weighted by Gasteiger charge is 2.29. The first kappa shape index (κ1) is 13.5. The van der Waals surface area contributed by atoms with Gasteiger partial charge in [-0.25, -0.2) is 0 Å².